The largest absolute Gasteiger partial charge is 0.490 e. The molecule has 2 aromatic rings. The van der Waals surface area contributed by atoms with Gasteiger partial charge in [-0.1, -0.05) is 41.9 Å². The van der Waals surface area contributed by atoms with E-state index in [1.165, 1.54) is 0 Å². The molecule has 0 spiro atoms. The Morgan fingerprint density at radius 2 is 1.97 bits per heavy atom. The first kappa shape index (κ1) is 23.7. The molecule has 2 amide bonds. The van der Waals surface area contributed by atoms with Crippen molar-refractivity contribution in [1.82, 2.24) is 4.90 Å². The summed E-state index contributed by atoms with van der Waals surface area (Å²) in [6.45, 7) is 6.35. The van der Waals surface area contributed by atoms with Crippen LogP contribution in [0.1, 0.15) is 18.1 Å². The van der Waals surface area contributed by atoms with Gasteiger partial charge >= 0.3 is 0 Å². The number of halogens is 3. The summed E-state index contributed by atoms with van der Waals surface area (Å²) in [5.41, 5.74) is 1.33. The summed E-state index contributed by atoms with van der Waals surface area (Å²) in [6, 6.07) is 8.50. The molecular formula is C22H18BrCl2NO4S. The van der Waals surface area contributed by atoms with Crippen molar-refractivity contribution >= 4 is 68.1 Å². The van der Waals surface area contributed by atoms with Gasteiger partial charge in [0, 0.05) is 10.0 Å². The van der Waals surface area contributed by atoms with Gasteiger partial charge in [0.15, 0.2) is 11.5 Å². The summed E-state index contributed by atoms with van der Waals surface area (Å²) >= 11 is 16.5. The van der Waals surface area contributed by atoms with Crippen LogP contribution in [-0.4, -0.2) is 29.3 Å². The standard InChI is InChI=1S/C22H18BrCl2NO4S/c1-3-7-30-20-16(23)8-13(9-18(20)29-4-2)10-19-21(27)26(22(28)31-19)12-14-5-6-15(24)11-17(14)25/h3,5-6,8-11H,1,4,7,12H2,2H3/b19-10+. The molecule has 0 N–H and O–H groups in total. The number of carbonyl (C=O) groups excluding carboxylic acids is 2. The highest BCUT2D eigenvalue weighted by molar-refractivity contribution is 9.10. The van der Waals surface area contributed by atoms with Crippen LogP contribution in [0, 0.1) is 0 Å². The Kier molecular flexibility index (Phi) is 8.11. The number of amides is 2. The van der Waals surface area contributed by atoms with E-state index in [4.69, 9.17) is 32.7 Å². The fourth-order valence-corrected chi connectivity index (χ4v) is 4.71. The predicted molar refractivity (Wildman–Crippen MR) is 129 cm³/mol. The average molecular weight is 543 g/mol. The Hall–Kier alpha value is -1.93. The van der Waals surface area contributed by atoms with Crippen molar-refractivity contribution < 1.29 is 19.1 Å². The van der Waals surface area contributed by atoms with E-state index in [-0.39, 0.29) is 17.7 Å². The minimum atomic E-state index is -0.387. The van der Waals surface area contributed by atoms with E-state index in [9.17, 15) is 9.59 Å². The van der Waals surface area contributed by atoms with Gasteiger partial charge in [-0.2, -0.15) is 0 Å². The number of nitrogens with zero attached hydrogens (tertiary/aromatic N) is 1. The van der Waals surface area contributed by atoms with Crippen LogP contribution in [0.4, 0.5) is 4.79 Å². The SMILES string of the molecule is C=CCOc1c(Br)cc(/C=C2/SC(=O)N(Cc3ccc(Cl)cc3Cl)C2=O)cc1OCC. The van der Waals surface area contributed by atoms with Gasteiger partial charge in [-0.25, -0.2) is 0 Å². The molecule has 9 heteroatoms. The highest BCUT2D eigenvalue weighted by Gasteiger charge is 2.35. The van der Waals surface area contributed by atoms with Gasteiger partial charge in [0.25, 0.3) is 11.1 Å². The second-order valence-electron chi connectivity index (χ2n) is 6.37. The third-order valence-corrected chi connectivity index (χ3v) is 6.28. The lowest BCUT2D eigenvalue weighted by molar-refractivity contribution is -0.123. The highest BCUT2D eigenvalue weighted by atomic mass is 79.9. The van der Waals surface area contributed by atoms with Gasteiger partial charge in [0.1, 0.15) is 6.61 Å². The van der Waals surface area contributed by atoms with Crippen molar-refractivity contribution in [2.24, 2.45) is 0 Å². The number of hydrogen-bond donors (Lipinski definition) is 0. The van der Waals surface area contributed by atoms with E-state index in [1.807, 2.05) is 6.92 Å². The molecule has 31 heavy (non-hydrogen) atoms. The van der Waals surface area contributed by atoms with E-state index >= 15 is 0 Å². The van der Waals surface area contributed by atoms with Crippen molar-refractivity contribution in [2.75, 3.05) is 13.2 Å². The summed E-state index contributed by atoms with van der Waals surface area (Å²) in [4.78, 5) is 26.8. The molecule has 0 unspecified atom stereocenters. The second kappa shape index (κ2) is 10.6. The first-order valence-corrected chi connectivity index (χ1v) is 11.6. The summed E-state index contributed by atoms with van der Waals surface area (Å²) in [5.74, 6) is 0.684. The van der Waals surface area contributed by atoms with Gasteiger partial charge in [-0.15, -0.1) is 0 Å². The minimum Gasteiger partial charge on any atom is -0.490 e. The summed E-state index contributed by atoms with van der Waals surface area (Å²) < 4.78 is 12.0. The van der Waals surface area contributed by atoms with Gasteiger partial charge < -0.3 is 9.47 Å². The highest BCUT2D eigenvalue weighted by Crippen LogP contribution is 2.39. The maximum atomic E-state index is 12.9. The first-order valence-electron chi connectivity index (χ1n) is 9.23. The van der Waals surface area contributed by atoms with Crippen molar-refractivity contribution in [3.8, 4) is 11.5 Å². The molecule has 0 radical (unpaired) electrons. The molecule has 0 saturated carbocycles. The molecule has 1 saturated heterocycles. The quantitative estimate of drug-likeness (QED) is 0.266. The third-order valence-electron chi connectivity index (χ3n) is 4.19. The van der Waals surface area contributed by atoms with Gasteiger partial charge in [-0.3, -0.25) is 14.5 Å². The molecule has 1 heterocycles. The van der Waals surface area contributed by atoms with E-state index in [0.29, 0.717) is 55.3 Å². The van der Waals surface area contributed by atoms with Crippen LogP contribution in [0.15, 0.2) is 52.4 Å². The van der Waals surface area contributed by atoms with Crippen LogP contribution in [-0.2, 0) is 11.3 Å². The van der Waals surface area contributed by atoms with E-state index < -0.39 is 0 Å². The molecule has 3 rings (SSSR count). The zero-order valence-electron chi connectivity index (χ0n) is 16.5. The maximum Gasteiger partial charge on any atom is 0.293 e. The summed E-state index contributed by atoms with van der Waals surface area (Å²) in [6.07, 6.45) is 3.29. The lowest BCUT2D eigenvalue weighted by Gasteiger charge is -2.14. The maximum absolute atomic E-state index is 12.9. The van der Waals surface area contributed by atoms with Crippen LogP contribution in [0.25, 0.3) is 6.08 Å². The monoisotopic (exact) mass is 541 g/mol. The summed E-state index contributed by atoms with van der Waals surface area (Å²) in [5, 5.41) is 0.521. The Balaban J connectivity index is 1.87. The lowest BCUT2D eigenvalue weighted by Crippen LogP contribution is -2.27. The zero-order valence-corrected chi connectivity index (χ0v) is 20.4. The van der Waals surface area contributed by atoms with Crippen LogP contribution in [0.3, 0.4) is 0 Å². The molecule has 0 atom stereocenters. The molecule has 0 aliphatic carbocycles. The third kappa shape index (κ3) is 5.66. The van der Waals surface area contributed by atoms with Crippen molar-refractivity contribution in [1.29, 1.82) is 0 Å². The lowest BCUT2D eigenvalue weighted by atomic mass is 10.1. The molecule has 5 nitrogen and oxygen atoms in total. The van der Waals surface area contributed by atoms with Gasteiger partial charge in [0.2, 0.25) is 0 Å². The number of rotatable bonds is 8. The predicted octanol–water partition coefficient (Wildman–Crippen LogP) is 6.96. The summed E-state index contributed by atoms with van der Waals surface area (Å²) in [7, 11) is 0. The number of imide groups is 1. The van der Waals surface area contributed by atoms with E-state index in [0.717, 1.165) is 16.7 Å². The Morgan fingerprint density at radius 3 is 2.65 bits per heavy atom. The minimum absolute atomic E-state index is 0.0697. The van der Waals surface area contributed by atoms with E-state index in [1.54, 1.807) is 42.5 Å². The van der Waals surface area contributed by atoms with E-state index in [2.05, 4.69) is 22.5 Å². The number of benzene rings is 2. The molecule has 0 bridgehead atoms. The van der Waals surface area contributed by atoms with Crippen LogP contribution >= 0.6 is 50.9 Å². The Bertz CT molecular complexity index is 1070. The normalized spacial score (nSPS) is 15.0. The number of thioether (sulfide) groups is 1. The smallest absolute Gasteiger partial charge is 0.293 e. The number of hydrogen-bond acceptors (Lipinski definition) is 5. The number of ether oxygens (including phenoxy) is 2. The fraction of sp³-hybridized carbons (Fsp3) is 0.182. The van der Waals surface area contributed by atoms with Crippen LogP contribution in [0.5, 0.6) is 11.5 Å². The van der Waals surface area contributed by atoms with Crippen molar-refractivity contribution in [2.45, 2.75) is 13.5 Å². The van der Waals surface area contributed by atoms with Crippen LogP contribution in [0.2, 0.25) is 10.0 Å². The second-order valence-corrected chi connectivity index (χ2v) is 9.06. The zero-order chi connectivity index (χ0) is 22.5. The Morgan fingerprint density at radius 1 is 1.19 bits per heavy atom. The first-order chi connectivity index (χ1) is 14.8. The molecule has 0 aromatic heterocycles. The van der Waals surface area contributed by atoms with Gasteiger partial charge in [0.05, 0.1) is 22.5 Å². The average Bonchev–Trinajstić information content (AvgIpc) is 2.97. The molecule has 1 aliphatic rings. The number of carbonyl (C=O) groups is 2. The molecule has 162 valence electrons. The van der Waals surface area contributed by atoms with Crippen molar-refractivity contribution in [3.05, 3.63) is 73.5 Å². The fourth-order valence-electron chi connectivity index (χ4n) is 2.82. The van der Waals surface area contributed by atoms with Gasteiger partial charge in [-0.05, 0) is 76.1 Å². The van der Waals surface area contributed by atoms with Crippen molar-refractivity contribution in [3.63, 3.8) is 0 Å². The molecule has 1 aliphatic heterocycles. The molecule has 1 fully saturated rings. The topological polar surface area (TPSA) is 55.8 Å². The van der Waals surface area contributed by atoms with Crippen LogP contribution < -0.4 is 9.47 Å². The molecule has 2 aromatic carbocycles. The Labute approximate surface area is 203 Å². The molecular weight excluding hydrogens is 525 g/mol.